The van der Waals surface area contributed by atoms with Crippen LogP contribution in [0.2, 0.25) is 5.02 Å². The van der Waals surface area contributed by atoms with Crippen LogP contribution in [0.15, 0.2) is 48.8 Å². The number of nitrogens with zero attached hydrogens (tertiary/aromatic N) is 3. The van der Waals surface area contributed by atoms with Gasteiger partial charge in [0.2, 0.25) is 5.91 Å². The lowest BCUT2D eigenvalue weighted by Crippen LogP contribution is -2.49. The maximum absolute atomic E-state index is 12.3. The molecule has 3 rings (SSSR count). The Labute approximate surface area is 135 Å². The molecule has 0 radical (unpaired) electrons. The molecule has 1 aliphatic rings. The predicted molar refractivity (Wildman–Crippen MR) is 88.2 cm³/mol. The molecule has 2 heterocycles. The van der Waals surface area contributed by atoms with E-state index in [0.717, 1.165) is 42.5 Å². The lowest BCUT2D eigenvalue weighted by Gasteiger charge is -2.36. The van der Waals surface area contributed by atoms with E-state index in [9.17, 15) is 4.79 Å². The van der Waals surface area contributed by atoms with Crippen LogP contribution in [-0.2, 0) is 11.2 Å². The zero-order valence-corrected chi connectivity index (χ0v) is 13.0. The predicted octanol–water partition coefficient (Wildman–Crippen LogP) is 2.63. The number of benzene rings is 1. The van der Waals surface area contributed by atoms with Crippen LogP contribution in [0.3, 0.4) is 0 Å². The highest BCUT2D eigenvalue weighted by Crippen LogP contribution is 2.21. The van der Waals surface area contributed by atoms with Crippen LogP contribution in [0.1, 0.15) is 5.56 Å². The van der Waals surface area contributed by atoms with E-state index in [1.165, 1.54) is 0 Å². The van der Waals surface area contributed by atoms with Crippen molar-refractivity contribution in [2.75, 3.05) is 31.1 Å². The number of rotatable bonds is 3. The van der Waals surface area contributed by atoms with Gasteiger partial charge in [0, 0.05) is 49.3 Å². The van der Waals surface area contributed by atoms with Gasteiger partial charge in [0.1, 0.15) is 0 Å². The molecule has 0 aliphatic carbocycles. The van der Waals surface area contributed by atoms with Crippen molar-refractivity contribution in [2.24, 2.45) is 0 Å². The average Bonchev–Trinajstić information content (AvgIpc) is 2.56. The van der Waals surface area contributed by atoms with Gasteiger partial charge in [0.05, 0.1) is 6.42 Å². The molecular weight excluding hydrogens is 298 g/mol. The fraction of sp³-hybridized carbons (Fsp3) is 0.294. The number of carbonyl (C=O) groups is 1. The Balaban J connectivity index is 1.56. The molecule has 0 atom stereocenters. The standard InChI is InChI=1S/C17H18ClN3O/c18-15-2-1-3-16(13-15)20-8-10-21(11-9-20)17(22)12-14-4-6-19-7-5-14/h1-7,13H,8-12H2. The number of halogens is 1. The molecule has 1 saturated heterocycles. The van der Waals surface area contributed by atoms with Crippen molar-refractivity contribution >= 4 is 23.2 Å². The first-order valence-electron chi connectivity index (χ1n) is 7.39. The molecule has 22 heavy (non-hydrogen) atoms. The van der Waals surface area contributed by atoms with Crippen molar-refractivity contribution in [1.29, 1.82) is 0 Å². The Kier molecular flexibility index (Phi) is 4.59. The first-order chi connectivity index (χ1) is 10.7. The molecule has 0 spiro atoms. The van der Waals surface area contributed by atoms with Crippen molar-refractivity contribution in [1.82, 2.24) is 9.88 Å². The van der Waals surface area contributed by atoms with E-state index in [1.54, 1.807) is 12.4 Å². The third-order valence-electron chi connectivity index (χ3n) is 3.91. The van der Waals surface area contributed by atoms with Crippen molar-refractivity contribution in [2.45, 2.75) is 6.42 Å². The maximum Gasteiger partial charge on any atom is 0.227 e. The molecule has 1 aliphatic heterocycles. The number of hydrogen-bond donors (Lipinski definition) is 0. The van der Waals surface area contributed by atoms with Crippen LogP contribution in [-0.4, -0.2) is 42.0 Å². The normalized spacial score (nSPS) is 15.0. The van der Waals surface area contributed by atoms with Crippen LogP contribution in [0.25, 0.3) is 0 Å². The van der Waals surface area contributed by atoms with Gasteiger partial charge < -0.3 is 9.80 Å². The number of aromatic nitrogens is 1. The summed E-state index contributed by atoms with van der Waals surface area (Å²) >= 11 is 6.04. The highest BCUT2D eigenvalue weighted by Gasteiger charge is 2.21. The lowest BCUT2D eigenvalue weighted by atomic mass is 10.1. The van der Waals surface area contributed by atoms with E-state index in [-0.39, 0.29) is 5.91 Å². The van der Waals surface area contributed by atoms with Gasteiger partial charge in [-0.2, -0.15) is 0 Å². The van der Waals surface area contributed by atoms with Crippen LogP contribution < -0.4 is 4.90 Å². The van der Waals surface area contributed by atoms with Crippen LogP contribution in [0.4, 0.5) is 5.69 Å². The summed E-state index contributed by atoms with van der Waals surface area (Å²) < 4.78 is 0. The fourth-order valence-electron chi connectivity index (χ4n) is 2.67. The third kappa shape index (κ3) is 3.57. The molecule has 1 amide bonds. The molecule has 1 aromatic carbocycles. The summed E-state index contributed by atoms with van der Waals surface area (Å²) in [6.07, 6.45) is 3.89. The van der Waals surface area contributed by atoms with E-state index in [2.05, 4.69) is 16.0 Å². The van der Waals surface area contributed by atoms with Crippen LogP contribution >= 0.6 is 11.6 Å². The number of hydrogen-bond acceptors (Lipinski definition) is 3. The molecule has 2 aromatic rings. The quantitative estimate of drug-likeness (QED) is 0.873. The molecular formula is C17H18ClN3O. The molecule has 0 bridgehead atoms. The SMILES string of the molecule is O=C(Cc1ccncc1)N1CCN(c2cccc(Cl)c2)CC1. The zero-order valence-electron chi connectivity index (χ0n) is 12.3. The van der Waals surface area contributed by atoms with E-state index < -0.39 is 0 Å². The minimum atomic E-state index is 0.178. The zero-order chi connectivity index (χ0) is 15.4. The van der Waals surface area contributed by atoms with Crippen molar-refractivity contribution in [3.8, 4) is 0 Å². The molecule has 0 N–H and O–H groups in total. The first kappa shape index (κ1) is 14.9. The summed E-state index contributed by atoms with van der Waals surface area (Å²) in [6, 6.07) is 11.6. The van der Waals surface area contributed by atoms with Crippen molar-refractivity contribution < 1.29 is 4.79 Å². The molecule has 0 unspecified atom stereocenters. The largest absolute Gasteiger partial charge is 0.368 e. The van der Waals surface area contributed by atoms with Crippen LogP contribution in [0.5, 0.6) is 0 Å². The second-order valence-corrected chi connectivity index (χ2v) is 5.82. The average molecular weight is 316 g/mol. The van der Waals surface area contributed by atoms with Gasteiger partial charge in [-0.1, -0.05) is 17.7 Å². The summed E-state index contributed by atoms with van der Waals surface area (Å²) in [5.74, 6) is 0.178. The van der Waals surface area contributed by atoms with Crippen molar-refractivity contribution in [3.05, 3.63) is 59.4 Å². The van der Waals surface area contributed by atoms with Gasteiger partial charge in [-0.05, 0) is 35.9 Å². The Morgan fingerprint density at radius 2 is 1.82 bits per heavy atom. The van der Waals surface area contributed by atoms with Crippen molar-refractivity contribution in [3.63, 3.8) is 0 Å². The topological polar surface area (TPSA) is 36.4 Å². The second kappa shape index (κ2) is 6.79. The number of anilines is 1. The molecule has 1 fully saturated rings. The summed E-state index contributed by atoms with van der Waals surface area (Å²) in [4.78, 5) is 20.5. The molecule has 4 nitrogen and oxygen atoms in total. The second-order valence-electron chi connectivity index (χ2n) is 5.38. The summed E-state index contributed by atoms with van der Waals surface area (Å²) in [6.45, 7) is 3.16. The van der Waals surface area contributed by atoms with E-state index >= 15 is 0 Å². The number of pyridine rings is 1. The fourth-order valence-corrected chi connectivity index (χ4v) is 2.86. The molecule has 5 heteroatoms. The Morgan fingerprint density at radius 1 is 1.09 bits per heavy atom. The molecule has 114 valence electrons. The minimum absolute atomic E-state index is 0.178. The van der Waals surface area contributed by atoms with Gasteiger partial charge in [-0.3, -0.25) is 9.78 Å². The summed E-state index contributed by atoms with van der Waals surface area (Å²) in [5, 5.41) is 0.744. The molecule has 0 saturated carbocycles. The Bertz CT molecular complexity index is 639. The lowest BCUT2D eigenvalue weighted by molar-refractivity contribution is -0.130. The van der Waals surface area contributed by atoms with Gasteiger partial charge in [0.15, 0.2) is 0 Å². The van der Waals surface area contributed by atoms with Gasteiger partial charge in [0.25, 0.3) is 0 Å². The van der Waals surface area contributed by atoms with Gasteiger partial charge in [-0.15, -0.1) is 0 Å². The number of piperazine rings is 1. The summed E-state index contributed by atoms with van der Waals surface area (Å²) in [7, 11) is 0. The van der Waals surface area contributed by atoms with E-state index in [0.29, 0.717) is 6.42 Å². The first-order valence-corrected chi connectivity index (χ1v) is 7.77. The number of amides is 1. The van der Waals surface area contributed by atoms with Gasteiger partial charge >= 0.3 is 0 Å². The third-order valence-corrected chi connectivity index (χ3v) is 4.15. The smallest absolute Gasteiger partial charge is 0.227 e. The number of carbonyl (C=O) groups excluding carboxylic acids is 1. The van der Waals surface area contributed by atoms with E-state index in [1.807, 2.05) is 35.2 Å². The van der Waals surface area contributed by atoms with Crippen LogP contribution in [0, 0.1) is 0 Å². The van der Waals surface area contributed by atoms with E-state index in [4.69, 9.17) is 11.6 Å². The van der Waals surface area contributed by atoms with Gasteiger partial charge in [-0.25, -0.2) is 0 Å². The Hall–Kier alpha value is -2.07. The summed E-state index contributed by atoms with van der Waals surface area (Å²) in [5.41, 5.74) is 2.13. The highest BCUT2D eigenvalue weighted by atomic mass is 35.5. The Morgan fingerprint density at radius 3 is 2.50 bits per heavy atom. The molecule has 1 aromatic heterocycles. The minimum Gasteiger partial charge on any atom is -0.368 e. The monoisotopic (exact) mass is 315 g/mol. The maximum atomic E-state index is 12.3. The highest BCUT2D eigenvalue weighted by molar-refractivity contribution is 6.30.